The van der Waals surface area contributed by atoms with E-state index in [9.17, 15) is 9.18 Å². The van der Waals surface area contributed by atoms with Gasteiger partial charge in [0.2, 0.25) is 0 Å². The Bertz CT molecular complexity index is 675. The van der Waals surface area contributed by atoms with Crippen LogP contribution in [0.25, 0.3) is 0 Å². The van der Waals surface area contributed by atoms with Gasteiger partial charge in [0, 0.05) is 10.7 Å². The Balaban J connectivity index is 2.08. The van der Waals surface area contributed by atoms with Crippen molar-refractivity contribution in [1.29, 1.82) is 0 Å². The van der Waals surface area contributed by atoms with Crippen molar-refractivity contribution >= 4 is 23.2 Å². The summed E-state index contributed by atoms with van der Waals surface area (Å²) in [6.07, 6.45) is -0.364. The number of halogens is 2. The number of hydrogen-bond donors (Lipinski definition) is 1. The Morgan fingerprint density at radius 2 is 2.05 bits per heavy atom. The van der Waals surface area contributed by atoms with Gasteiger partial charge in [-0.1, -0.05) is 36.7 Å². The zero-order valence-electron chi connectivity index (χ0n) is 12.4. The minimum atomic E-state index is -0.781. The largest absolute Gasteiger partial charge is 0.478 e. The van der Waals surface area contributed by atoms with Gasteiger partial charge >= 0.3 is 0 Å². The van der Waals surface area contributed by atoms with Crippen LogP contribution < -0.4 is 10.1 Å². The zero-order chi connectivity index (χ0) is 16.1. The first-order chi connectivity index (χ1) is 10.5. The Hall–Kier alpha value is -2.07. The van der Waals surface area contributed by atoms with E-state index < -0.39 is 11.9 Å². The van der Waals surface area contributed by atoms with Gasteiger partial charge in [0.15, 0.2) is 17.7 Å². The third-order valence-corrected chi connectivity index (χ3v) is 3.62. The minimum Gasteiger partial charge on any atom is -0.478 e. The van der Waals surface area contributed by atoms with Crippen LogP contribution in [-0.4, -0.2) is 12.0 Å². The minimum absolute atomic E-state index is 0.0615. The molecule has 22 heavy (non-hydrogen) atoms. The van der Waals surface area contributed by atoms with Crippen molar-refractivity contribution in [2.45, 2.75) is 26.4 Å². The predicted octanol–water partition coefficient (Wildman–Crippen LogP) is 4.58. The molecule has 0 bridgehead atoms. The van der Waals surface area contributed by atoms with Crippen molar-refractivity contribution in [2.24, 2.45) is 0 Å². The van der Waals surface area contributed by atoms with Crippen LogP contribution in [0.1, 0.15) is 18.9 Å². The van der Waals surface area contributed by atoms with E-state index in [-0.39, 0.29) is 11.7 Å². The van der Waals surface area contributed by atoms with E-state index in [2.05, 4.69) is 5.32 Å². The maximum Gasteiger partial charge on any atom is 0.265 e. The molecule has 3 nitrogen and oxygen atoms in total. The predicted molar refractivity (Wildman–Crippen MR) is 85.9 cm³/mol. The molecule has 0 aliphatic heterocycles. The molecule has 0 aromatic heterocycles. The summed E-state index contributed by atoms with van der Waals surface area (Å²) in [7, 11) is 0. The molecule has 0 unspecified atom stereocenters. The second-order valence-electron chi connectivity index (χ2n) is 4.90. The van der Waals surface area contributed by atoms with Crippen molar-refractivity contribution in [1.82, 2.24) is 0 Å². The second-order valence-corrected chi connectivity index (χ2v) is 5.31. The number of rotatable bonds is 5. The Morgan fingerprint density at radius 1 is 1.32 bits per heavy atom. The van der Waals surface area contributed by atoms with Crippen molar-refractivity contribution < 1.29 is 13.9 Å². The highest BCUT2D eigenvalue weighted by atomic mass is 35.5. The Morgan fingerprint density at radius 3 is 2.68 bits per heavy atom. The molecule has 2 rings (SSSR count). The lowest BCUT2D eigenvalue weighted by atomic mass is 10.2. The van der Waals surface area contributed by atoms with Gasteiger partial charge in [-0.2, -0.15) is 0 Å². The van der Waals surface area contributed by atoms with E-state index in [1.54, 1.807) is 31.2 Å². The summed E-state index contributed by atoms with van der Waals surface area (Å²) >= 11 is 6.03. The fourth-order valence-electron chi connectivity index (χ4n) is 1.91. The van der Waals surface area contributed by atoms with Crippen LogP contribution in [0, 0.1) is 12.7 Å². The molecule has 0 aliphatic carbocycles. The van der Waals surface area contributed by atoms with E-state index in [1.165, 1.54) is 12.1 Å². The van der Waals surface area contributed by atoms with E-state index in [1.807, 2.05) is 13.0 Å². The normalized spacial score (nSPS) is 11.8. The molecule has 2 aromatic rings. The number of hydrogen-bond acceptors (Lipinski definition) is 2. The number of anilines is 1. The lowest BCUT2D eigenvalue weighted by molar-refractivity contribution is -0.122. The number of benzene rings is 2. The summed E-state index contributed by atoms with van der Waals surface area (Å²) < 4.78 is 19.1. The van der Waals surface area contributed by atoms with Gasteiger partial charge in [-0.25, -0.2) is 4.39 Å². The SMILES string of the molecule is CC[C@H](Oc1ccccc1F)C(=O)Nc1ccc(C)c(Cl)c1. The molecule has 116 valence electrons. The molecule has 1 amide bonds. The molecule has 5 heteroatoms. The number of aryl methyl sites for hydroxylation is 1. The van der Waals surface area contributed by atoms with Crippen LogP contribution in [0.4, 0.5) is 10.1 Å². The van der Waals surface area contributed by atoms with Crippen molar-refractivity contribution in [3.05, 3.63) is 58.9 Å². The fraction of sp³-hybridized carbons (Fsp3) is 0.235. The first-order valence-corrected chi connectivity index (χ1v) is 7.37. The summed E-state index contributed by atoms with van der Waals surface area (Å²) in [5.74, 6) is -0.774. The van der Waals surface area contributed by atoms with Gasteiger partial charge in [-0.05, 0) is 43.2 Å². The molecule has 0 fully saturated rings. The van der Waals surface area contributed by atoms with Crippen LogP contribution in [0.3, 0.4) is 0 Å². The highest BCUT2D eigenvalue weighted by Gasteiger charge is 2.20. The van der Waals surface area contributed by atoms with Gasteiger partial charge in [0.25, 0.3) is 5.91 Å². The third-order valence-electron chi connectivity index (χ3n) is 3.21. The molecular weight excluding hydrogens is 305 g/mol. The first-order valence-electron chi connectivity index (χ1n) is 6.99. The number of nitrogens with one attached hydrogen (secondary N) is 1. The summed E-state index contributed by atoms with van der Waals surface area (Å²) in [6, 6.07) is 11.3. The van der Waals surface area contributed by atoms with E-state index >= 15 is 0 Å². The molecule has 1 N–H and O–H groups in total. The van der Waals surface area contributed by atoms with Crippen molar-refractivity contribution in [3.63, 3.8) is 0 Å². The van der Waals surface area contributed by atoms with Crippen LogP contribution in [0.15, 0.2) is 42.5 Å². The van der Waals surface area contributed by atoms with Crippen LogP contribution in [0.5, 0.6) is 5.75 Å². The molecule has 0 saturated carbocycles. The molecule has 1 atom stereocenters. The molecular formula is C17H17ClFNO2. The Kier molecular flexibility index (Phi) is 5.39. The summed E-state index contributed by atoms with van der Waals surface area (Å²) in [5, 5.41) is 3.30. The average molecular weight is 322 g/mol. The number of amides is 1. The second kappa shape index (κ2) is 7.27. The number of carbonyl (C=O) groups is 1. The lowest BCUT2D eigenvalue weighted by Gasteiger charge is -2.18. The maximum atomic E-state index is 13.6. The number of ether oxygens (including phenoxy) is 1. The summed E-state index contributed by atoms with van der Waals surface area (Å²) in [6.45, 7) is 3.68. The van der Waals surface area contributed by atoms with Gasteiger partial charge in [0.05, 0.1) is 0 Å². The highest BCUT2D eigenvalue weighted by molar-refractivity contribution is 6.31. The number of para-hydroxylation sites is 1. The van der Waals surface area contributed by atoms with E-state index in [0.717, 1.165) is 5.56 Å². The topological polar surface area (TPSA) is 38.3 Å². The van der Waals surface area contributed by atoms with Crippen LogP contribution in [-0.2, 0) is 4.79 Å². The molecule has 0 spiro atoms. The van der Waals surface area contributed by atoms with Gasteiger partial charge in [-0.3, -0.25) is 4.79 Å². The fourth-order valence-corrected chi connectivity index (χ4v) is 2.09. The standard InChI is InChI=1S/C17H17ClFNO2/c1-3-15(22-16-7-5-4-6-14(16)19)17(21)20-12-9-8-11(2)13(18)10-12/h4-10,15H,3H2,1-2H3,(H,20,21)/t15-/m0/s1. The van der Waals surface area contributed by atoms with Crippen LogP contribution in [0.2, 0.25) is 5.02 Å². The van der Waals surface area contributed by atoms with Crippen LogP contribution >= 0.6 is 11.6 Å². The zero-order valence-corrected chi connectivity index (χ0v) is 13.2. The lowest BCUT2D eigenvalue weighted by Crippen LogP contribution is -2.32. The molecule has 0 radical (unpaired) electrons. The summed E-state index contributed by atoms with van der Waals surface area (Å²) in [4.78, 5) is 12.3. The van der Waals surface area contributed by atoms with Crippen molar-refractivity contribution in [2.75, 3.05) is 5.32 Å². The van der Waals surface area contributed by atoms with Crippen molar-refractivity contribution in [3.8, 4) is 5.75 Å². The maximum absolute atomic E-state index is 13.6. The quantitative estimate of drug-likeness (QED) is 0.875. The molecule has 0 saturated heterocycles. The molecule has 0 heterocycles. The smallest absolute Gasteiger partial charge is 0.265 e. The van der Waals surface area contributed by atoms with Gasteiger partial charge in [-0.15, -0.1) is 0 Å². The first kappa shape index (κ1) is 16.3. The highest BCUT2D eigenvalue weighted by Crippen LogP contribution is 2.22. The van der Waals surface area contributed by atoms with E-state index in [0.29, 0.717) is 17.1 Å². The Labute approximate surface area is 134 Å². The van der Waals surface area contributed by atoms with E-state index in [4.69, 9.17) is 16.3 Å². The van der Waals surface area contributed by atoms with Gasteiger partial charge in [0.1, 0.15) is 0 Å². The molecule has 0 aliphatic rings. The summed E-state index contributed by atoms with van der Waals surface area (Å²) in [5.41, 5.74) is 1.51. The third kappa shape index (κ3) is 3.98. The number of carbonyl (C=O) groups excluding carboxylic acids is 1. The average Bonchev–Trinajstić information content (AvgIpc) is 2.50. The molecule has 2 aromatic carbocycles. The monoisotopic (exact) mass is 321 g/mol. The van der Waals surface area contributed by atoms with Gasteiger partial charge < -0.3 is 10.1 Å².